The van der Waals surface area contributed by atoms with Gasteiger partial charge >= 0.3 is 6.18 Å². The Morgan fingerprint density at radius 2 is 2.17 bits per heavy atom. The van der Waals surface area contributed by atoms with E-state index >= 15 is 0 Å². The van der Waals surface area contributed by atoms with Gasteiger partial charge < -0.3 is 10.2 Å². The molecule has 0 saturated carbocycles. The molecule has 1 fully saturated rings. The van der Waals surface area contributed by atoms with Crippen LogP contribution < -0.4 is 10.2 Å². The van der Waals surface area contributed by atoms with E-state index < -0.39 is 22.4 Å². The first-order valence-corrected chi connectivity index (χ1v) is 7.53. The molecule has 0 spiro atoms. The maximum atomic E-state index is 13.3. The highest BCUT2D eigenvalue weighted by Gasteiger charge is 2.37. The molecule has 1 unspecified atom stereocenters. The number of hydrogen-bond acceptors (Lipinski definition) is 4. The fourth-order valence-corrected chi connectivity index (χ4v) is 2.88. The zero-order chi connectivity index (χ0) is 17.9. The van der Waals surface area contributed by atoms with Crippen molar-refractivity contribution in [1.82, 2.24) is 5.32 Å². The largest absolute Gasteiger partial charge is 0.418 e. The molecule has 24 heavy (non-hydrogen) atoms. The molecule has 0 radical (unpaired) electrons. The van der Waals surface area contributed by atoms with E-state index in [0.717, 1.165) is 18.6 Å². The van der Waals surface area contributed by atoms with Crippen LogP contribution in [-0.2, 0) is 11.0 Å². The summed E-state index contributed by atoms with van der Waals surface area (Å²) in [5.74, 6) is -0.141. The predicted octanol–water partition coefficient (Wildman–Crippen LogP) is 2.97. The van der Waals surface area contributed by atoms with Gasteiger partial charge in [0.2, 0.25) is 5.91 Å². The molecule has 1 N–H and O–H groups in total. The summed E-state index contributed by atoms with van der Waals surface area (Å²) in [7, 11) is 0. The Labute approximate surface area is 136 Å². The van der Waals surface area contributed by atoms with E-state index in [-0.39, 0.29) is 17.5 Å². The van der Waals surface area contributed by atoms with Crippen LogP contribution in [0.3, 0.4) is 0 Å². The van der Waals surface area contributed by atoms with Gasteiger partial charge in [-0.15, -0.1) is 0 Å². The van der Waals surface area contributed by atoms with Crippen LogP contribution in [0.25, 0.3) is 0 Å². The van der Waals surface area contributed by atoms with Gasteiger partial charge in [0.15, 0.2) is 0 Å². The molecule has 0 bridgehead atoms. The summed E-state index contributed by atoms with van der Waals surface area (Å²) < 4.78 is 39.9. The lowest BCUT2D eigenvalue weighted by Crippen LogP contribution is -2.41. The number of non-ortho nitro benzene ring substituents is 1. The molecule has 1 aliphatic rings. The summed E-state index contributed by atoms with van der Waals surface area (Å²) in [6.07, 6.45) is -3.17. The number of nitro groups is 1. The maximum Gasteiger partial charge on any atom is 0.418 e. The molecule has 1 saturated heterocycles. The van der Waals surface area contributed by atoms with E-state index in [4.69, 9.17) is 0 Å². The van der Waals surface area contributed by atoms with Crippen molar-refractivity contribution < 1.29 is 22.9 Å². The van der Waals surface area contributed by atoms with Crippen molar-refractivity contribution in [3.8, 4) is 0 Å². The second kappa shape index (κ2) is 7.06. The standard InChI is InChI=1S/C15H18F3N3O3/c1-10(22)19-8-11-3-2-6-20(9-11)14-5-4-12(21(23)24)7-13(14)15(16,17)18/h4-5,7,11H,2-3,6,8-9H2,1H3,(H,19,22). The van der Waals surface area contributed by atoms with E-state index in [9.17, 15) is 28.1 Å². The van der Waals surface area contributed by atoms with Gasteiger partial charge in [-0.3, -0.25) is 14.9 Å². The molecular formula is C15H18F3N3O3. The lowest BCUT2D eigenvalue weighted by molar-refractivity contribution is -0.385. The van der Waals surface area contributed by atoms with E-state index in [1.54, 1.807) is 4.90 Å². The van der Waals surface area contributed by atoms with Crippen molar-refractivity contribution in [2.75, 3.05) is 24.5 Å². The van der Waals surface area contributed by atoms with Crippen LogP contribution in [0.4, 0.5) is 24.5 Å². The lowest BCUT2D eigenvalue weighted by Gasteiger charge is -2.35. The van der Waals surface area contributed by atoms with Crippen LogP contribution in [0.5, 0.6) is 0 Å². The third kappa shape index (κ3) is 4.36. The summed E-state index contributed by atoms with van der Waals surface area (Å²) in [4.78, 5) is 22.5. The van der Waals surface area contributed by atoms with Gasteiger partial charge in [-0.05, 0) is 24.8 Å². The van der Waals surface area contributed by atoms with Crippen LogP contribution in [0.15, 0.2) is 18.2 Å². The number of anilines is 1. The number of rotatable bonds is 4. The Morgan fingerprint density at radius 3 is 2.75 bits per heavy atom. The molecule has 0 aliphatic carbocycles. The maximum absolute atomic E-state index is 13.3. The number of carbonyl (C=O) groups excluding carboxylic acids is 1. The SMILES string of the molecule is CC(=O)NCC1CCCN(c2ccc([N+](=O)[O-])cc2C(F)(F)F)C1. The van der Waals surface area contributed by atoms with Crippen molar-refractivity contribution in [2.24, 2.45) is 5.92 Å². The van der Waals surface area contributed by atoms with Crippen molar-refractivity contribution in [3.63, 3.8) is 0 Å². The Hall–Kier alpha value is -2.32. The van der Waals surface area contributed by atoms with Gasteiger partial charge in [0.1, 0.15) is 0 Å². The number of nitro benzene ring substituents is 1. The van der Waals surface area contributed by atoms with Crippen molar-refractivity contribution in [2.45, 2.75) is 25.9 Å². The third-order valence-corrected chi connectivity index (χ3v) is 4.00. The zero-order valence-electron chi connectivity index (χ0n) is 13.1. The molecule has 132 valence electrons. The molecule has 1 heterocycles. The molecule has 1 aliphatic heterocycles. The van der Waals surface area contributed by atoms with E-state index in [2.05, 4.69) is 5.32 Å². The number of hydrogen-bond donors (Lipinski definition) is 1. The number of amides is 1. The number of alkyl halides is 3. The van der Waals surface area contributed by atoms with Crippen LogP contribution in [-0.4, -0.2) is 30.5 Å². The van der Waals surface area contributed by atoms with Crippen LogP contribution in [0, 0.1) is 16.0 Å². The Morgan fingerprint density at radius 1 is 1.46 bits per heavy atom. The number of carbonyl (C=O) groups is 1. The van der Waals surface area contributed by atoms with Crippen molar-refractivity contribution in [1.29, 1.82) is 0 Å². The minimum absolute atomic E-state index is 0.0407. The van der Waals surface area contributed by atoms with E-state index in [0.29, 0.717) is 32.1 Å². The molecule has 1 amide bonds. The fraction of sp³-hybridized carbons (Fsp3) is 0.533. The van der Waals surface area contributed by atoms with Gasteiger partial charge in [-0.2, -0.15) is 13.2 Å². The normalized spacial score (nSPS) is 18.3. The average molecular weight is 345 g/mol. The average Bonchev–Trinajstić information content (AvgIpc) is 2.51. The van der Waals surface area contributed by atoms with E-state index in [1.807, 2.05) is 0 Å². The number of nitrogens with zero attached hydrogens (tertiary/aromatic N) is 2. The molecule has 2 rings (SSSR count). The van der Waals surface area contributed by atoms with Gasteiger partial charge in [-0.1, -0.05) is 0 Å². The number of nitrogens with one attached hydrogen (secondary N) is 1. The third-order valence-electron chi connectivity index (χ3n) is 4.00. The number of piperidine rings is 1. The molecule has 1 atom stereocenters. The quantitative estimate of drug-likeness (QED) is 0.672. The molecule has 9 heteroatoms. The topological polar surface area (TPSA) is 75.5 Å². The Bertz CT molecular complexity index is 634. The minimum atomic E-state index is -4.67. The highest BCUT2D eigenvalue weighted by Crippen LogP contribution is 2.39. The summed E-state index contributed by atoms with van der Waals surface area (Å²) in [6, 6.07) is 2.82. The minimum Gasteiger partial charge on any atom is -0.371 e. The summed E-state index contributed by atoms with van der Waals surface area (Å²) in [5.41, 5.74) is -1.64. The Balaban J connectivity index is 2.26. The highest BCUT2D eigenvalue weighted by atomic mass is 19.4. The van der Waals surface area contributed by atoms with Crippen LogP contribution in [0.1, 0.15) is 25.3 Å². The van der Waals surface area contributed by atoms with Crippen molar-refractivity contribution in [3.05, 3.63) is 33.9 Å². The number of halogens is 3. The van der Waals surface area contributed by atoms with Crippen LogP contribution in [0.2, 0.25) is 0 Å². The highest BCUT2D eigenvalue weighted by molar-refractivity contribution is 5.72. The summed E-state index contributed by atoms with van der Waals surface area (Å²) >= 11 is 0. The fourth-order valence-electron chi connectivity index (χ4n) is 2.88. The first-order valence-electron chi connectivity index (χ1n) is 7.53. The second-order valence-electron chi connectivity index (χ2n) is 5.85. The zero-order valence-corrected chi connectivity index (χ0v) is 13.1. The predicted molar refractivity (Wildman–Crippen MR) is 81.7 cm³/mol. The second-order valence-corrected chi connectivity index (χ2v) is 5.85. The molecule has 1 aromatic carbocycles. The monoisotopic (exact) mass is 345 g/mol. The summed E-state index contributed by atoms with van der Waals surface area (Å²) in [6.45, 7) is 2.59. The van der Waals surface area contributed by atoms with Gasteiger partial charge in [0, 0.05) is 44.4 Å². The van der Waals surface area contributed by atoms with Gasteiger partial charge in [0.05, 0.1) is 10.5 Å². The smallest absolute Gasteiger partial charge is 0.371 e. The molecule has 0 aromatic heterocycles. The molecule has 6 nitrogen and oxygen atoms in total. The van der Waals surface area contributed by atoms with Crippen LogP contribution >= 0.6 is 0 Å². The molecular weight excluding hydrogens is 327 g/mol. The van der Waals surface area contributed by atoms with Crippen molar-refractivity contribution >= 4 is 17.3 Å². The lowest BCUT2D eigenvalue weighted by atomic mass is 9.96. The first-order chi connectivity index (χ1) is 11.2. The van der Waals surface area contributed by atoms with Gasteiger partial charge in [0.25, 0.3) is 5.69 Å². The Kier molecular flexibility index (Phi) is 5.30. The molecule has 1 aromatic rings. The number of benzene rings is 1. The first kappa shape index (κ1) is 18.0. The van der Waals surface area contributed by atoms with E-state index in [1.165, 1.54) is 6.92 Å². The summed E-state index contributed by atoms with van der Waals surface area (Å²) in [5, 5.41) is 13.4. The van der Waals surface area contributed by atoms with Gasteiger partial charge in [-0.25, -0.2) is 0 Å².